The number of H-pyrrole nitrogens is 1. The van der Waals surface area contributed by atoms with Gasteiger partial charge in [0.25, 0.3) is 5.91 Å². The van der Waals surface area contributed by atoms with E-state index in [0.29, 0.717) is 24.7 Å². The lowest BCUT2D eigenvalue weighted by Crippen LogP contribution is -2.36. The van der Waals surface area contributed by atoms with Crippen LogP contribution in [0.5, 0.6) is 0 Å². The van der Waals surface area contributed by atoms with Crippen LogP contribution in [-0.4, -0.2) is 45.8 Å². The molecule has 33 heavy (non-hydrogen) atoms. The van der Waals surface area contributed by atoms with Crippen molar-refractivity contribution in [2.45, 2.75) is 52.6 Å². The number of amides is 1. The van der Waals surface area contributed by atoms with Crippen LogP contribution in [0, 0.1) is 5.41 Å². The summed E-state index contributed by atoms with van der Waals surface area (Å²) in [5, 5.41) is 14.2. The highest BCUT2D eigenvalue weighted by Crippen LogP contribution is 2.38. The van der Waals surface area contributed by atoms with Gasteiger partial charge in [-0.25, -0.2) is 4.98 Å². The first-order chi connectivity index (χ1) is 15.8. The molecule has 0 saturated carbocycles. The van der Waals surface area contributed by atoms with E-state index in [1.165, 1.54) is 11.3 Å². The van der Waals surface area contributed by atoms with Crippen molar-refractivity contribution >= 4 is 11.7 Å². The fourth-order valence-electron chi connectivity index (χ4n) is 4.24. The summed E-state index contributed by atoms with van der Waals surface area (Å²) < 4.78 is 5.15. The van der Waals surface area contributed by atoms with Crippen molar-refractivity contribution in [2.24, 2.45) is 5.41 Å². The van der Waals surface area contributed by atoms with E-state index < -0.39 is 0 Å². The molecule has 3 N–H and O–H groups in total. The first-order valence-corrected chi connectivity index (χ1v) is 11.4. The fourth-order valence-corrected chi connectivity index (χ4v) is 4.24. The molecule has 1 aliphatic carbocycles. The van der Waals surface area contributed by atoms with Gasteiger partial charge < -0.3 is 15.4 Å². The van der Waals surface area contributed by atoms with Crippen molar-refractivity contribution in [3.8, 4) is 11.3 Å². The van der Waals surface area contributed by atoms with Gasteiger partial charge in [0.15, 0.2) is 0 Å². The van der Waals surface area contributed by atoms with Crippen LogP contribution in [0.1, 0.15) is 54.5 Å². The molecule has 0 bridgehead atoms. The Morgan fingerprint density at radius 1 is 1.33 bits per heavy atom. The highest BCUT2D eigenvalue weighted by molar-refractivity contribution is 5.94. The third-order valence-electron chi connectivity index (χ3n) is 5.98. The van der Waals surface area contributed by atoms with Gasteiger partial charge in [-0.1, -0.05) is 19.9 Å². The van der Waals surface area contributed by atoms with E-state index >= 15 is 0 Å². The summed E-state index contributed by atoms with van der Waals surface area (Å²) in [5.74, 6) is 0.380. The molecule has 8 nitrogen and oxygen atoms in total. The van der Waals surface area contributed by atoms with Crippen LogP contribution in [0.2, 0.25) is 0 Å². The number of anilines is 1. The Balaban J connectivity index is 1.66. The van der Waals surface area contributed by atoms with Crippen LogP contribution < -0.4 is 10.6 Å². The summed E-state index contributed by atoms with van der Waals surface area (Å²) in [6.07, 6.45) is 6.58. The number of methoxy groups -OCH3 is 1. The van der Waals surface area contributed by atoms with Crippen LogP contribution in [0.4, 0.5) is 5.82 Å². The van der Waals surface area contributed by atoms with Crippen molar-refractivity contribution in [1.29, 1.82) is 0 Å². The Kier molecular flexibility index (Phi) is 6.74. The first kappa shape index (κ1) is 22.9. The number of ether oxygens (including phenoxy) is 1. The Morgan fingerprint density at radius 2 is 2.18 bits per heavy atom. The van der Waals surface area contributed by atoms with E-state index in [9.17, 15) is 4.79 Å². The van der Waals surface area contributed by atoms with Crippen LogP contribution in [0.25, 0.3) is 11.3 Å². The van der Waals surface area contributed by atoms with Crippen LogP contribution >= 0.6 is 0 Å². The molecule has 0 radical (unpaired) electrons. The third kappa shape index (κ3) is 5.57. The highest BCUT2D eigenvalue weighted by Gasteiger charge is 2.29. The van der Waals surface area contributed by atoms with Crippen LogP contribution in [0.15, 0.2) is 36.7 Å². The van der Waals surface area contributed by atoms with Gasteiger partial charge in [0.05, 0.1) is 12.3 Å². The Labute approximate surface area is 194 Å². The summed E-state index contributed by atoms with van der Waals surface area (Å²) in [7, 11) is 1.62. The van der Waals surface area contributed by atoms with Gasteiger partial charge in [0.1, 0.15) is 11.5 Å². The average Bonchev–Trinajstić information content (AvgIpc) is 3.20. The number of hydrogen-bond acceptors (Lipinski definition) is 6. The van der Waals surface area contributed by atoms with E-state index in [1.54, 1.807) is 13.3 Å². The van der Waals surface area contributed by atoms with Gasteiger partial charge in [-0.3, -0.25) is 14.9 Å². The van der Waals surface area contributed by atoms with Crippen molar-refractivity contribution in [3.05, 3.63) is 59.2 Å². The van der Waals surface area contributed by atoms with Gasteiger partial charge >= 0.3 is 0 Å². The smallest absolute Gasteiger partial charge is 0.270 e. The largest absolute Gasteiger partial charge is 0.383 e. The highest BCUT2D eigenvalue weighted by atomic mass is 16.5. The molecule has 3 aromatic heterocycles. The zero-order chi connectivity index (χ0) is 23.4. The molecule has 1 unspecified atom stereocenters. The molecule has 0 spiro atoms. The second kappa shape index (κ2) is 9.70. The number of aromatic amines is 1. The average molecular weight is 449 g/mol. The van der Waals surface area contributed by atoms with Crippen LogP contribution in [0.3, 0.4) is 0 Å². The molecule has 3 aromatic rings. The molecular formula is C25H32N6O2. The Morgan fingerprint density at radius 3 is 2.94 bits per heavy atom. The molecule has 0 saturated heterocycles. The topological polar surface area (TPSA) is 105 Å². The molecule has 174 valence electrons. The van der Waals surface area contributed by atoms with E-state index in [0.717, 1.165) is 36.1 Å². The molecule has 0 aliphatic heterocycles. The summed E-state index contributed by atoms with van der Waals surface area (Å²) in [6, 6.07) is 7.55. The number of rotatable bonds is 8. The maximum Gasteiger partial charge on any atom is 0.270 e. The van der Waals surface area contributed by atoms with Crippen molar-refractivity contribution in [1.82, 2.24) is 25.5 Å². The Bertz CT molecular complexity index is 1110. The van der Waals surface area contributed by atoms with Crippen LogP contribution in [-0.2, 0) is 24.1 Å². The second-order valence-corrected chi connectivity index (χ2v) is 9.54. The number of carbonyl (C=O) groups is 1. The normalized spacial score (nSPS) is 15.5. The number of fused-ring (bicyclic) bond motifs is 1. The molecule has 3 heterocycles. The zero-order valence-electron chi connectivity index (χ0n) is 19.7. The number of carbonyl (C=O) groups excluding carboxylic acids is 1. The molecule has 1 amide bonds. The zero-order valence-corrected chi connectivity index (χ0v) is 19.7. The van der Waals surface area contributed by atoms with Crippen molar-refractivity contribution < 1.29 is 9.53 Å². The van der Waals surface area contributed by atoms with Gasteiger partial charge in [0, 0.05) is 48.9 Å². The van der Waals surface area contributed by atoms with Gasteiger partial charge in [-0.2, -0.15) is 5.10 Å². The van der Waals surface area contributed by atoms with Gasteiger partial charge in [-0.05, 0) is 55.4 Å². The SMILES string of the molecule is COCC(C)NC(=O)c1cc(-c2n[nH]c3c2CCC(C)(C)C3)cc(NCc2cccnc2)n1. The third-order valence-corrected chi connectivity index (χ3v) is 5.98. The van der Waals surface area contributed by atoms with Crippen molar-refractivity contribution in [2.75, 3.05) is 19.0 Å². The summed E-state index contributed by atoms with van der Waals surface area (Å²) >= 11 is 0. The molecule has 0 fully saturated rings. The lowest BCUT2D eigenvalue weighted by molar-refractivity contribution is 0.0900. The van der Waals surface area contributed by atoms with E-state index in [1.807, 2.05) is 37.4 Å². The summed E-state index contributed by atoms with van der Waals surface area (Å²) in [4.78, 5) is 21.7. The predicted molar refractivity (Wildman–Crippen MR) is 128 cm³/mol. The quantitative estimate of drug-likeness (QED) is 0.485. The minimum absolute atomic E-state index is 0.125. The lowest BCUT2D eigenvalue weighted by atomic mass is 9.76. The molecule has 0 aromatic carbocycles. The minimum Gasteiger partial charge on any atom is -0.383 e. The monoisotopic (exact) mass is 448 g/mol. The van der Waals surface area contributed by atoms with Gasteiger partial charge in [-0.15, -0.1) is 0 Å². The van der Waals surface area contributed by atoms with E-state index in [4.69, 9.17) is 4.74 Å². The molecule has 1 aliphatic rings. The van der Waals surface area contributed by atoms with Crippen molar-refractivity contribution in [3.63, 3.8) is 0 Å². The predicted octanol–water partition coefficient (Wildman–Crippen LogP) is 3.76. The second-order valence-electron chi connectivity index (χ2n) is 9.54. The molecule has 1 atom stereocenters. The number of aromatic nitrogens is 4. The van der Waals surface area contributed by atoms with E-state index in [-0.39, 0.29) is 17.4 Å². The van der Waals surface area contributed by atoms with E-state index in [2.05, 4.69) is 44.6 Å². The molecule has 8 heteroatoms. The number of pyridine rings is 2. The fraction of sp³-hybridized carbons (Fsp3) is 0.440. The maximum atomic E-state index is 13.0. The minimum atomic E-state index is -0.239. The maximum absolute atomic E-state index is 13.0. The summed E-state index contributed by atoms with van der Waals surface area (Å²) in [5.41, 5.74) is 5.82. The molecular weight excluding hydrogens is 416 g/mol. The molecule has 4 rings (SSSR count). The first-order valence-electron chi connectivity index (χ1n) is 11.4. The summed E-state index contributed by atoms with van der Waals surface area (Å²) in [6.45, 7) is 7.46. The Hall–Kier alpha value is -3.26. The number of hydrogen-bond donors (Lipinski definition) is 3. The standard InChI is InChI=1S/C25H32N6O2/c1-16(15-33-4)28-24(32)20-10-18(11-22(29-20)27-14-17-6-5-9-26-13-17)23-19-7-8-25(2,3)12-21(19)30-31-23/h5-6,9-11,13,16H,7-8,12,14-15H2,1-4H3,(H,27,29)(H,28,32)(H,30,31). The number of nitrogens with zero attached hydrogens (tertiary/aromatic N) is 3. The van der Waals surface area contributed by atoms with Gasteiger partial charge in [0.2, 0.25) is 0 Å². The number of nitrogens with one attached hydrogen (secondary N) is 3. The lowest BCUT2D eigenvalue weighted by Gasteiger charge is -2.29.